The van der Waals surface area contributed by atoms with Crippen molar-refractivity contribution in [2.75, 3.05) is 0 Å². The quantitative estimate of drug-likeness (QED) is 0.466. The summed E-state index contributed by atoms with van der Waals surface area (Å²) < 4.78 is 13.4. The van der Waals surface area contributed by atoms with Gasteiger partial charge in [-0.25, -0.2) is 9.31 Å². The third kappa shape index (κ3) is 3.19. The van der Waals surface area contributed by atoms with Crippen molar-refractivity contribution in [2.24, 2.45) is 0 Å². The number of ether oxygens (including phenoxy) is 1. The van der Waals surface area contributed by atoms with Gasteiger partial charge >= 0.3 is 5.97 Å². The van der Waals surface area contributed by atoms with Crippen LogP contribution in [0.15, 0.2) is 41.1 Å². The molecule has 2 N–H and O–H groups in total. The first-order chi connectivity index (χ1) is 15.3. The zero-order chi connectivity index (χ0) is 22.6. The minimum absolute atomic E-state index is 0.127. The number of carbonyl (C=O) groups excluding carboxylic acids is 1. The standard InChI is InChI=1S/C24H23N3O5/c1-13-17(23(29)30)12-27-21(13)18(7-10-25-27)32-15-5-6-16-19(11-15)31-14(2)20(16)22(28)26-24(3)8-4-9-24/h5-7,10-12H,4,8-9H2,1-3H3,(H,26,28)(H,29,30). The number of aryl methyl sites for hydroxylation is 2. The van der Waals surface area contributed by atoms with E-state index in [4.69, 9.17) is 9.15 Å². The van der Waals surface area contributed by atoms with Gasteiger partial charge < -0.3 is 19.6 Å². The smallest absolute Gasteiger partial charge is 0.337 e. The second-order valence-electron chi connectivity index (χ2n) is 8.62. The fraction of sp³-hybridized carbons (Fsp3) is 0.292. The molecule has 4 aromatic rings. The molecule has 0 bridgehead atoms. The van der Waals surface area contributed by atoms with Crippen LogP contribution in [-0.4, -0.2) is 32.1 Å². The van der Waals surface area contributed by atoms with Crippen molar-refractivity contribution in [1.82, 2.24) is 14.9 Å². The van der Waals surface area contributed by atoms with Crippen molar-refractivity contribution < 1.29 is 23.8 Å². The molecule has 0 saturated heterocycles. The van der Waals surface area contributed by atoms with Crippen LogP contribution in [0, 0.1) is 13.8 Å². The summed E-state index contributed by atoms with van der Waals surface area (Å²) in [5, 5.41) is 17.4. The van der Waals surface area contributed by atoms with Crippen LogP contribution >= 0.6 is 0 Å². The van der Waals surface area contributed by atoms with Gasteiger partial charge in [0.1, 0.15) is 22.6 Å². The third-order valence-electron chi connectivity index (χ3n) is 6.29. The molecule has 8 heteroatoms. The van der Waals surface area contributed by atoms with E-state index in [9.17, 15) is 14.7 Å². The molecule has 3 aromatic heterocycles. The summed E-state index contributed by atoms with van der Waals surface area (Å²) in [6.07, 6.45) is 6.10. The molecule has 8 nitrogen and oxygen atoms in total. The molecular formula is C24H23N3O5. The summed E-state index contributed by atoms with van der Waals surface area (Å²) >= 11 is 0. The molecule has 1 amide bonds. The number of aromatic nitrogens is 2. The van der Waals surface area contributed by atoms with Crippen LogP contribution < -0.4 is 10.1 Å². The zero-order valence-electron chi connectivity index (χ0n) is 18.1. The number of rotatable bonds is 5. The summed E-state index contributed by atoms with van der Waals surface area (Å²) in [5.74, 6) is 0.390. The van der Waals surface area contributed by atoms with Crippen molar-refractivity contribution in [3.8, 4) is 11.5 Å². The number of carboxylic acid groups (broad SMARTS) is 1. The SMILES string of the molecule is Cc1oc2cc(Oc3ccnn4cc(C(=O)O)c(C)c34)ccc2c1C(=O)NC1(C)CCC1. The molecule has 32 heavy (non-hydrogen) atoms. The van der Waals surface area contributed by atoms with E-state index < -0.39 is 5.97 Å². The lowest BCUT2D eigenvalue weighted by molar-refractivity contribution is 0.0695. The molecule has 1 aromatic carbocycles. The van der Waals surface area contributed by atoms with Gasteiger partial charge in [-0.15, -0.1) is 0 Å². The lowest BCUT2D eigenvalue weighted by Crippen LogP contribution is -2.51. The number of carbonyl (C=O) groups is 2. The van der Waals surface area contributed by atoms with Crippen LogP contribution in [0.3, 0.4) is 0 Å². The van der Waals surface area contributed by atoms with Crippen LogP contribution in [0.1, 0.15) is 58.2 Å². The third-order valence-corrected chi connectivity index (χ3v) is 6.29. The fourth-order valence-electron chi connectivity index (χ4n) is 4.36. The summed E-state index contributed by atoms with van der Waals surface area (Å²) in [6, 6.07) is 7.00. The molecule has 5 rings (SSSR count). The van der Waals surface area contributed by atoms with Crippen LogP contribution in [0.25, 0.3) is 16.5 Å². The lowest BCUT2D eigenvalue weighted by atomic mass is 9.78. The first-order valence-corrected chi connectivity index (χ1v) is 10.5. The Bertz CT molecular complexity index is 1390. The zero-order valence-corrected chi connectivity index (χ0v) is 18.1. The van der Waals surface area contributed by atoms with Gasteiger partial charge in [0.15, 0.2) is 5.75 Å². The average Bonchev–Trinajstić information content (AvgIpc) is 3.23. The van der Waals surface area contributed by atoms with Crippen LogP contribution in [0.4, 0.5) is 0 Å². The van der Waals surface area contributed by atoms with E-state index in [2.05, 4.69) is 17.3 Å². The van der Waals surface area contributed by atoms with Crippen LogP contribution in [-0.2, 0) is 0 Å². The molecule has 0 aliphatic heterocycles. The molecule has 1 aliphatic carbocycles. The van der Waals surface area contributed by atoms with E-state index in [-0.39, 0.29) is 17.0 Å². The van der Waals surface area contributed by atoms with E-state index in [0.717, 1.165) is 24.6 Å². The Labute approximate surface area is 183 Å². The van der Waals surface area contributed by atoms with E-state index in [0.29, 0.717) is 39.5 Å². The van der Waals surface area contributed by atoms with Crippen molar-refractivity contribution >= 4 is 28.4 Å². The number of nitrogens with one attached hydrogen (secondary N) is 1. The predicted molar refractivity (Wildman–Crippen MR) is 118 cm³/mol. The highest BCUT2D eigenvalue weighted by Crippen LogP contribution is 2.35. The maximum absolute atomic E-state index is 12.9. The Hall–Kier alpha value is -3.81. The van der Waals surface area contributed by atoms with Gasteiger partial charge in [0, 0.05) is 29.3 Å². The summed E-state index contributed by atoms with van der Waals surface area (Å²) in [4.78, 5) is 24.4. The summed E-state index contributed by atoms with van der Waals surface area (Å²) in [7, 11) is 0. The second kappa shape index (κ2) is 7.12. The average molecular weight is 433 g/mol. The van der Waals surface area contributed by atoms with Crippen molar-refractivity contribution in [3.05, 3.63) is 59.1 Å². The number of hydrogen-bond acceptors (Lipinski definition) is 5. The van der Waals surface area contributed by atoms with E-state index in [1.807, 2.05) is 6.07 Å². The van der Waals surface area contributed by atoms with E-state index >= 15 is 0 Å². The van der Waals surface area contributed by atoms with Crippen molar-refractivity contribution in [1.29, 1.82) is 0 Å². The fourth-order valence-corrected chi connectivity index (χ4v) is 4.36. The lowest BCUT2D eigenvalue weighted by Gasteiger charge is -2.39. The molecule has 0 spiro atoms. The van der Waals surface area contributed by atoms with Crippen LogP contribution in [0.5, 0.6) is 11.5 Å². The number of fused-ring (bicyclic) bond motifs is 2. The molecule has 0 atom stereocenters. The number of nitrogens with zero attached hydrogens (tertiary/aromatic N) is 2. The highest BCUT2D eigenvalue weighted by Gasteiger charge is 2.34. The monoisotopic (exact) mass is 433 g/mol. The molecule has 1 fully saturated rings. The normalized spacial score (nSPS) is 15.0. The highest BCUT2D eigenvalue weighted by molar-refractivity contribution is 6.07. The molecule has 3 heterocycles. The molecule has 1 aliphatic rings. The molecule has 1 saturated carbocycles. The topological polar surface area (TPSA) is 106 Å². The van der Waals surface area contributed by atoms with Gasteiger partial charge in [-0.3, -0.25) is 4.79 Å². The molecule has 0 radical (unpaired) electrons. The Morgan fingerprint density at radius 1 is 1.25 bits per heavy atom. The minimum atomic E-state index is -1.02. The molecular weight excluding hydrogens is 410 g/mol. The second-order valence-corrected chi connectivity index (χ2v) is 8.62. The number of amides is 1. The Morgan fingerprint density at radius 2 is 2.03 bits per heavy atom. The predicted octanol–water partition coefficient (Wildman–Crippen LogP) is 4.86. The number of furan rings is 1. The Morgan fingerprint density at radius 3 is 2.72 bits per heavy atom. The van der Waals surface area contributed by atoms with Crippen LogP contribution in [0.2, 0.25) is 0 Å². The number of benzene rings is 1. The van der Waals surface area contributed by atoms with E-state index in [1.165, 1.54) is 10.7 Å². The van der Waals surface area contributed by atoms with Gasteiger partial charge in [0.2, 0.25) is 0 Å². The largest absolute Gasteiger partial charge is 0.478 e. The van der Waals surface area contributed by atoms with Gasteiger partial charge in [0.25, 0.3) is 5.91 Å². The summed E-state index contributed by atoms with van der Waals surface area (Å²) in [5.41, 5.74) is 2.26. The van der Waals surface area contributed by atoms with Crippen molar-refractivity contribution in [2.45, 2.75) is 45.6 Å². The van der Waals surface area contributed by atoms with Crippen molar-refractivity contribution in [3.63, 3.8) is 0 Å². The first-order valence-electron chi connectivity index (χ1n) is 10.5. The number of hydrogen-bond donors (Lipinski definition) is 2. The van der Waals surface area contributed by atoms with Gasteiger partial charge in [-0.2, -0.15) is 5.10 Å². The number of carboxylic acids is 1. The maximum atomic E-state index is 12.9. The van der Waals surface area contributed by atoms with E-state index in [1.54, 1.807) is 38.2 Å². The Kier molecular flexibility index (Phi) is 4.47. The van der Waals surface area contributed by atoms with Gasteiger partial charge in [0.05, 0.1) is 17.3 Å². The molecule has 164 valence electrons. The number of aromatic carboxylic acids is 1. The minimum Gasteiger partial charge on any atom is -0.478 e. The van der Waals surface area contributed by atoms with Gasteiger partial charge in [-0.1, -0.05) is 0 Å². The highest BCUT2D eigenvalue weighted by atomic mass is 16.5. The Balaban J connectivity index is 1.49. The first kappa shape index (κ1) is 20.1. The van der Waals surface area contributed by atoms with Gasteiger partial charge in [-0.05, 0) is 57.7 Å². The maximum Gasteiger partial charge on any atom is 0.337 e. The summed E-state index contributed by atoms with van der Waals surface area (Å²) in [6.45, 7) is 5.56. The molecule has 0 unspecified atom stereocenters.